The maximum absolute atomic E-state index is 12.9. The van der Waals surface area contributed by atoms with Crippen LogP contribution in [0.5, 0.6) is 0 Å². The van der Waals surface area contributed by atoms with Crippen molar-refractivity contribution in [2.45, 2.75) is 419 Å². The fourth-order valence-electron chi connectivity index (χ4n) is 11.2. The summed E-state index contributed by atoms with van der Waals surface area (Å²) in [5.41, 5.74) is 0. The molecular formula is C74H140O6. The molecule has 0 bridgehead atoms. The van der Waals surface area contributed by atoms with Gasteiger partial charge in [0, 0.05) is 19.3 Å². The molecule has 0 rings (SSSR count). The first-order valence-electron chi connectivity index (χ1n) is 36.3. The van der Waals surface area contributed by atoms with Crippen molar-refractivity contribution in [2.24, 2.45) is 0 Å². The summed E-state index contributed by atoms with van der Waals surface area (Å²) in [7, 11) is 0. The smallest absolute Gasteiger partial charge is 0.306 e. The molecule has 0 N–H and O–H groups in total. The van der Waals surface area contributed by atoms with Gasteiger partial charge < -0.3 is 14.2 Å². The van der Waals surface area contributed by atoms with Gasteiger partial charge in [0.25, 0.3) is 0 Å². The quantitative estimate of drug-likeness (QED) is 0.0261. The molecule has 0 fully saturated rings. The molecule has 0 aliphatic carbocycles. The summed E-state index contributed by atoms with van der Waals surface area (Å²) in [5, 5.41) is 0. The predicted molar refractivity (Wildman–Crippen MR) is 349 cm³/mol. The first-order chi connectivity index (χ1) is 39.5. The molecule has 0 saturated carbocycles. The normalized spacial score (nSPS) is 12.1. The van der Waals surface area contributed by atoms with Gasteiger partial charge in [-0.1, -0.05) is 366 Å². The van der Waals surface area contributed by atoms with Crippen molar-refractivity contribution in [1.29, 1.82) is 0 Å². The lowest BCUT2D eigenvalue weighted by Crippen LogP contribution is -2.30. The minimum atomic E-state index is -0.767. The SMILES string of the molecule is CCCCCCC/C=C\C/C=C\CCCCCCCCCCCCCCCC(=O)OC(COC(=O)CCCCCCCCCCC)COC(=O)CCCCCCCCCCCCCCCCCCCCCCCCCCCCCC. The van der Waals surface area contributed by atoms with Gasteiger partial charge in [-0.2, -0.15) is 0 Å². The van der Waals surface area contributed by atoms with Gasteiger partial charge >= 0.3 is 17.9 Å². The van der Waals surface area contributed by atoms with Crippen molar-refractivity contribution in [3.05, 3.63) is 24.3 Å². The summed E-state index contributed by atoms with van der Waals surface area (Å²) in [4.78, 5) is 38.3. The van der Waals surface area contributed by atoms with Crippen LogP contribution in [0.15, 0.2) is 24.3 Å². The summed E-state index contributed by atoms with van der Waals surface area (Å²) in [6.07, 6.45) is 85.2. The summed E-state index contributed by atoms with van der Waals surface area (Å²) in [5.74, 6) is -0.837. The van der Waals surface area contributed by atoms with E-state index in [4.69, 9.17) is 14.2 Å². The second-order valence-electron chi connectivity index (χ2n) is 24.9. The maximum atomic E-state index is 12.9. The molecule has 6 nitrogen and oxygen atoms in total. The monoisotopic (exact) mass is 1130 g/mol. The molecule has 6 heteroatoms. The molecular weight excluding hydrogens is 985 g/mol. The molecule has 0 aromatic rings. The van der Waals surface area contributed by atoms with Gasteiger partial charge in [-0.25, -0.2) is 0 Å². The van der Waals surface area contributed by atoms with Crippen LogP contribution in [0.3, 0.4) is 0 Å². The van der Waals surface area contributed by atoms with E-state index in [9.17, 15) is 14.4 Å². The van der Waals surface area contributed by atoms with Gasteiger partial charge in [0.1, 0.15) is 13.2 Å². The first kappa shape index (κ1) is 77.9. The Morgan fingerprint density at radius 3 is 0.688 bits per heavy atom. The number of esters is 3. The lowest BCUT2D eigenvalue weighted by Gasteiger charge is -2.18. The fourth-order valence-corrected chi connectivity index (χ4v) is 11.2. The van der Waals surface area contributed by atoms with Crippen molar-refractivity contribution in [1.82, 2.24) is 0 Å². The largest absolute Gasteiger partial charge is 0.462 e. The van der Waals surface area contributed by atoms with Crippen LogP contribution >= 0.6 is 0 Å². The van der Waals surface area contributed by atoms with E-state index in [0.717, 1.165) is 64.2 Å². The van der Waals surface area contributed by atoms with Gasteiger partial charge in [0.2, 0.25) is 0 Å². The number of unbranched alkanes of at least 4 members (excludes halogenated alkanes) is 53. The minimum absolute atomic E-state index is 0.0648. The van der Waals surface area contributed by atoms with Gasteiger partial charge in [-0.15, -0.1) is 0 Å². The van der Waals surface area contributed by atoms with E-state index < -0.39 is 6.10 Å². The summed E-state index contributed by atoms with van der Waals surface area (Å²) >= 11 is 0. The van der Waals surface area contributed by atoms with Crippen LogP contribution in [0.2, 0.25) is 0 Å². The molecule has 0 saturated heterocycles. The lowest BCUT2D eigenvalue weighted by atomic mass is 10.0. The van der Waals surface area contributed by atoms with Crippen molar-refractivity contribution in [2.75, 3.05) is 13.2 Å². The van der Waals surface area contributed by atoms with Crippen molar-refractivity contribution in [3.8, 4) is 0 Å². The van der Waals surface area contributed by atoms with E-state index >= 15 is 0 Å². The van der Waals surface area contributed by atoms with E-state index in [0.29, 0.717) is 19.3 Å². The molecule has 0 aliphatic heterocycles. The Morgan fingerprint density at radius 1 is 0.250 bits per heavy atom. The molecule has 0 spiro atoms. The van der Waals surface area contributed by atoms with Crippen LogP contribution in [0.4, 0.5) is 0 Å². The summed E-state index contributed by atoms with van der Waals surface area (Å²) in [6.45, 7) is 6.69. The Bertz CT molecular complexity index is 1290. The standard InChI is InChI=1S/C74H140O6/c1-4-7-10-13-16-19-21-23-25-27-29-31-33-35-36-37-39-40-42-44-46-48-50-52-55-58-61-64-67-73(76)79-70-71(69-78-72(75)66-63-60-57-54-18-15-12-9-6-3)80-74(77)68-65-62-59-56-53-51-49-47-45-43-41-38-34-32-30-28-26-24-22-20-17-14-11-8-5-2/h22,24,28,30,71H,4-21,23,25-27,29,31-70H2,1-3H3/b24-22-,30-28-. The third kappa shape index (κ3) is 66.7. The molecule has 1 unspecified atom stereocenters. The number of hydrogen-bond donors (Lipinski definition) is 0. The maximum Gasteiger partial charge on any atom is 0.306 e. The summed E-state index contributed by atoms with van der Waals surface area (Å²) in [6, 6.07) is 0. The molecule has 1 atom stereocenters. The lowest BCUT2D eigenvalue weighted by molar-refractivity contribution is -0.167. The number of ether oxygens (including phenoxy) is 3. The van der Waals surface area contributed by atoms with Crippen LogP contribution in [-0.2, 0) is 28.6 Å². The minimum Gasteiger partial charge on any atom is -0.462 e. The number of hydrogen-bond acceptors (Lipinski definition) is 6. The zero-order chi connectivity index (χ0) is 57.8. The summed E-state index contributed by atoms with van der Waals surface area (Å²) < 4.78 is 17.0. The van der Waals surface area contributed by atoms with Crippen LogP contribution < -0.4 is 0 Å². The third-order valence-electron chi connectivity index (χ3n) is 16.7. The predicted octanol–water partition coefficient (Wildman–Crippen LogP) is 25.0. The average molecular weight is 1130 g/mol. The molecule has 0 aromatic carbocycles. The van der Waals surface area contributed by atoms with E-state index in [-0.39, 0.29) is 31.1 Å². The third-order valence-corrected chi connectivity index (χ3v) is 16.7. The van der Waals surface area contributed by atoms with Gasteiger partial charge in [0.05, 0.1) is 0 Å². The van der Waals surface area contributed by atoms with Crippen LogP contribution in [0.25, 0.3) is 0 Å². The second-order valence-corrected chi connectivity index (χ2v) is 24.9. The van der Waals surface area contributed by atoms with E-state index in [1.807, 2.05) is 0 Å². The van der Waals surface area contributed by atoms with Gasteiger partial charge in [0.15, 0.2) is 6.10 Å². The molecule has 80 heavy (non-hydrogen) atoms. The Labute approximate surface area is 500 Å². The van der Waals surface area contributed by atoms with Crippen LogP contribution in [-0.4, -0.2) is 37.2 Å². The fraction of sp³-hybridized carbons (Fsp3) is 0.905. The molecule has 0 aliphatic rings. The molecule has 0 radical (unpaired) electrons. The molecule has 0 amide bonds. The molecule has 0 heterocycles. The van der Waals surface area contributed by atoms with E-state index in [1.165, 1.54) is 308 Å². The highest BCUT2D eigenvalue weighted by Crippen LogP contribution is 2.19. The van der Waals surface area contributed by atoms with Crippen molar-refractivity contribution < 1.29 is 28.6 Å². The van der Waals surface area contributed by atoms with E-state index in [1.54, 1.807) is 0 Å². The number of rotatable bonds is 68. The highest BCUT2D eigenvalue weighted by molar-refractivity contribution is 5.71. The topological polar surface area (TPSA) is 78.9 Å². The van der Waals surface area contributed by atoms with Gasteiger partial charge in [-0.05, 0) is 51.4 Å². The molecule has 0 aromatic heterocycles. The molecule has 472 valence electrons. The van der Waals surface area contributed by atoms with Crippen LogP contribution in [0, 0.1) is 0 Å². The highest BCUT2D eigenvalue weighted by Gasteiger charge is 2.19. The Hall–Kier alpha value is -2.11. The zero-order valence-electron chi connectivity index (χ0n) is 54.4. The highest BCUT2D eigenvalue weighted by atomic mass is 16.6. The average Bonchev–Trinajstić information content (AvgIpc) is 3.46. The van der Waals surface area contributed by atoms with Crippen molar-refractivity contribution in [3.63, 3.8) is 0 Å². The number of allylic oxidation sites excluding steroid dienone is 4. The Morgan fingerprint density at radius 2 is 0.450 bits per heavy atom. The number of carbonyl (C=O) groups is 3. The zero-order valence-corrected chi connectivity index (χ0v) is 54.4. The van der Waals surface area contributed by atoms with Crippen molar-refractivity contribution >= 4 is 17.9 Å². The van der Waals surface area contributed by atoms with E-state index in [2.05, 4.69) is 45.1 Å². The van der Waals surface area contributed by atoms with Gasteiger partial charge in [-0.3, -0.25) is 14.4 Å². The Kier molecular flexibility index (Phi) is 67.6. The Balaban J connectivity index is 4.08. The second kappa shape index (κ2) is 69.4. The number of carbonyl (C=O) groups excluding carboxylic acids is 3. The van der Waals surface area contributed by atoms with Crippen LogP contribution in [0.1, 0.15) is 412 Å². The first-order valence-corrected chi connectivity index (χ1v) is 36.3.